The van der Waals surface area contributed by atoms with Crippen molar-refractivity contribution in [1.29, 1.82) is 0 Å². The topological polar surface area (TPSA) is 92.6 Å². The third-order valence-electron chi connectivity index (χ3n) is 6.14. The Kier molecular flexibility index (Phi) is 8.65. The van der Waals surface area contributed by atoms with Gasteiger partial charge in [0.25, 0.3) is 0 Å². The second-order valence-electron chi connectivity index (χ2n) is 8.78. The number of ether oxygens (including phenoxy) is 4. The number of imidazole rings is 1. The fourth-order valence-corrected chi connectivity index (χ4v) is 5.55. The number of hydrogen-bond acceptors (Lipinski definition) is 10. The Morgan fingerprint density at radius 2 is 1.87 bits per heavy atom. The monoisotopic (exact) mass is 571 g/mol. The number of benzene rings is 1. The highest BCUT2D eigenvalue weighted by atomic mass is 32.2. The van der Waals surface area contributed by atoms with Crippen LogP contribution in [0.3, 0.4) is 0 Å². The van der Waals surface area contributed by atoms with E-state index in [1.807, 2.05) is 36.6 Å². The largest absolute Gasteiger partial charge is 0.389 e. The van der Waals surface area contributed by atoms with E-state index < -0.39 is 43.4 Å². The summed E-state index contributed by atoms with van der Waals surface area (Å²) in [4.78, 5) is 13.6. The van der Waals surface area contributed by atoms with Crippen LogP contribution in [0.25, 0.3) is 11.2 Å². The third kappa shape index (κ3) is 6.05. The van der Waals surface area contributed by atoms with Crippen LogP contribution < -0.4 is 5.32 Å². The second kappa shape index (κ2) is 12.0. The molecule has 5 atom stereocenters. The molecule has 206 valence electrons. The van der Waals surface area contributed by atoms with Crippen LogP contribution in [0.2, 0.25) is 0 Å². The van der Waals surface area contributed by atoms with E-state index >= 15 is 0 Å². The first-order valence-corrected chi connectivity index (χ1v) is 14.4. The molecule has 1 N–H and O–H groups in total. The molecule has 2 aliphatic heterocycles. The zero-order chi connectivity index (χ0) is 26.7. The molecule has 1 aromatic carbocycles. The molecule has 2 aliphatic rings. The van der Waals surface area contributed by atoms with Crippen LogP contribution in [0.1, 0.15) is 24.5 Å². The molecule has 14 heteroatoms. The highest BCUT2D eigenvalue weighted by Gasteiger charge is 2.54. The molecular weight excluding hydrogens is 543 g/mol. The molecule has 0 aliphatic carbocycles. The maximum Gasteiger partial charge on any atom is 0.389 e. The molecule has 9 nitrogen and oxygen atoms in total. The van der Waals surface area contributed by atoms with Gasteiger partial charge in [-0.3, -0.25) is 4.57 Å². The van der Waals surface area contributed by atoms with Crippen molar-refractivity contribution < 1.29 is 32.1 Å². The number of rotatable bonds is 11. The maximum atomic E-state index is 12.8. The number of nitrogens with one attached hydrogen (secondary N) is 1. The van der Waals surface area contributed by atoms with E-state index in [2.05, 4.69) is 20.3 Å². The smallest absolute Gasteiger partial charge is 0.382 e. The molecule has 2 fully saturated rings. The van der Waals surface area contributed by atoms with E-state index in [-0.39, 0.29) is 10.9 Å². The van der Waals surface area contributed by atoms with Crippen molar-refractivity contribution in [3.05, 3.63) is 42.2 Å². The van der Waals surface area contributed by atoms with Crippen LogP contribution in [-0.4, -0.2) is 82.0 Å². The van der Waals surface area contributed by atoms with Crippen molar-refractivity contribution in [3.63, 3.8) is 0 Å². The van der Waals surface area contributed by atoms with Gasteiger partial charge in [0, 0.05) is 30.7 Å². The highest BCUT2D eigenvalue weighted by Crippen LogP contribution is 2.45. The number of fused-ring (bicyclic) bond motifs is 2. The van der Waals surface area contributed by atoms with Crippen molar-refractivity contribution >= 4 is 40.5 Å². The molecule has 38 heavy (non-hydrogen) atoms. The summed E-state index contributed by atoms with van der Waals surface area (Å²) in [6.07, 6.45) is -4.10. The number of nitrogens with zero attached hydrogens (tertiary/aromatic N) is 4. The lowest BCUT2D eigenvalue weighted by atomic mass is 10.1. The number of aromatic nitrogens is 4. The van der Waals surface area contributed by atoms with Crippen molar-refractivity contribution in [2.45, 2.75) is 48.6 Å². The standard InChI is InChI=1S/C24H28F3N5O4S2/c1-33-12-15-17-18(36-22(35-17)14-6-4-3-5-7-14)21(34-15)32-13-29-16-19(28-9-11-37-2)30-23(31-20(16)32)38-10-8-24(25,26)27/h3-7,13,15,17-18,21-22H,8-12H2,1-2H3,(H,28,30,31)/t15-,17-,18-,21-,22?/m1/s1. The Morgan fingerprint density at radius 1 is 1.08 bits per heavy atom. The number of halogens is 3. The summed E-state index contributed by atoms with van der Waals surface area (Å²) < 4.78 is 64.3. The van der Waals surface area contributed by atoms with Crippen LogP contribution in [0, 0.1) is 0 Å². The molecule has 2 aromatic heterocycles. The number of anilines is 1. The summed E-state index contributed by atoms with van der Waals surface area (Å²) in [6.45, 7) is 0.910. The van der Waals surface area contributed by atoms with E-state index in [9.17, 15) is 13.2 Å². The maximum absolute atomic E-state index is 12.8. The van der Waals surface area contributed by atoms with Crippen LogP contribution in [0.4, 0.5) is 19.0 Å². The quantitative estimate of drug-likeness (QED) is 0.199. The predicted octanol–water partition coefficient (Wildman–Crippen LogP) is 4.67. The third-order valence-corrected chi connectivity index (χ3v) is 7.60. The van der Waals surface area contributed by atoms with Crippen molar-refractivity contribution in [2.75, 3.05) is 43.3 Å². The zero-order valence-corrected chi connectivity index (χ0v) is 22.4. The summed E-state index contributed by atoms with van der Waals surface area (Å²) in [5.74, 6) is 1.10. The van der Waals surface area contributed by atoms with Gasteiger partial charge in [0.05, 0.1) is 19.4 Å². The molecular formula is C24H28F3N5O4S2. The lowest BCUT2D eigenvalue weighted by Crippen LogP contribution is -2.31. The van der Waals surface area contributed by atoms with E-state index in [0.29, 0.717) is 30.1 Å². The van der Waals surface area contributed by atoms with Crippen molar-refractivity contribution in [2.24, 2.45) is 0 Å². The average molecular weight is 572 g/mol. The van der Waals surface area contributed by atoms with Gasteiger partial charge >= 0.3 is 6.18 Å². The molecule has 0 amide bonds. The van der Waals surface area contributed by atoms with Gasteiger partial charge in [-0.25, -0.2) is 15.0 Å². The lowest BCUT2D eigenvalue weighted by Gasteiger charge is -2.21. The Morgan fingerprint density at radius 3 is 2.61 bits per heavy atom. The van der Waals surface area contributed by atoms with Gasteiger partial charge in [0.15, 0.2) is 34.7 Å². The molecule has 3 aromatic rings. The van der Waals surface area contributed by atoms with Crippen molar-refractivity contribution in [1.82, 2.24) is 19.5 Å². The minimum atomic E-state index is -4.25. The van der Waals surface area contributed by atoms with E-state index in [1.165, 1.54) is 0 Å². The normalized spacial score (nSPS) is 25.2. The number of thioether (sulfide) groups is 2. The molecule has 1 unspecified atom stereocenters. The fourth-order valence-electron chi connectivity index (χ4n) is 4.42. The minimum Gasteiger partial charge on any atom is -0.382 e. The first-order chi connectivity index (χ1) is 18.4. The van der Waals surface area contributed by atoms with Gasteiger partial charge < -0.3 is 24.3 Å². The van der Waals surface area contributed by atoms with Crippen LogP contribution >= 0.6 is 23.5 Å². The van der Waals surface area contributed by atoms with Crippen LogP contribution in [-0.2, 0) is 18.9 Å². The Labute approximate surface area is 226 Å². The van der Waals surface area contributed by atoms with E-state index in [0.717, 1.165) is 23.1 Å². The van der Waals surface area contributed by atoms with Gasteiger partial charge in [0.1, 0.15) is 18.3 Å². The molecule has 4 heterocycles. The minimum absolute atomic E-state index is 0.191. The van der Waals surface area contributed by atoms with Gasteiger partial charge in [-0.2, -0.15) is 24.9 Å². The SMILES string of the molecule is COC[C@H]1O[C@@H](n2cnc3c(NCCSC)nc(SCCC(F)(F)F)nc32)[C@@H]2OC(c3ccccc3)O[C@@H]21. The molecule has 2 saturated heterocycles. The second-order valence-corrected chi connectivity index (χ2v) is 10.8. The Hall–Kier alpha value is -2.10. The molecule has 0 bridgehead atoms. The first-order valence-electron chi connectivity index (χ1n) is 12.0. The summed E-state index contributed by atoms with van der Waals surface area (Å²) >= 11 is 2.61. The molecule has 0 saturated carbocycles. The number of methoxy groups -OCH3 is 1. The summed E-state index contributed by atoms with van der Waals surface area (Å²) in [6, 6.07) is 9.63. The number of hydrogen-bond donors (Lipinski definition) is 1. The first kappa shape index (κ1) is 27.5. The molecule has 0 radical (unpaired) electrons. The predicted molar refractivity (Wildman–Crippen MR) is 138 cm³/mol. The summed E-state index contributed by atoms with van der Waals surface area (Å²) in [5, 5.41) is 3.47. The average Bonchev–Trinajstić information content (AvgIpc) is 3.59. The van der Waals surface area contributed by atoms with Crippen molar-refractivity contribution in [3.8, 4) is 0 Å². The Bertz CT molecular complexity index is 1220. The van der Waals surface area contributed by atoms with E-state index in [1.54, 1.807) is 29.8 Å². The summed E-state index contributed by atoms with van der Waals surface area (Å²) in [7, 11) is 1.59. The number of alkyl halides is 3. The highest BCUT2D eigenvalue weighted by molar-refractivity contribution is 7.99. The van der Waals surface area contributed by atoms with Crippen LogP contribution in [0.15, 0.2) is 41.8 Å². The van der Waals surface area contributed by atoms with E-state index in [4.69, 9.17) is 18.9 Å². The Balaban J connectivity index is 1.46. The van der Waals surface area contributed by atoms with Gasteiger partial charge in [-0.05, 0) is 6.26 Å². The van der Waals surface area contributed by atoms with Crippen LogP contribution in [0.5, 0.6) is 0 Å². The van der Waals surface area contributed by atoms with Gasteiger partial charge in [-0.15, -0.1) is 0 Å². The van der Waals surface area contributed by atoms with Gasteiger partial charge in [-0.1, -0.05) is 42.1 Å². The fraction of sp³-hybridized carbons (Fsp3) is 0.542. The molecule has 0 spiro atoms. The summed E-state index contributed by atoms with van der Waals surface area (Å²) in [5.41, 5.74) is 1.83. The molecule has 5 rings (SSSR count). The van der Waals surface area contributed by atoms with Gasteiger partial charge in [0.2, 0.25) is 0 Å². The zero-order valence-electron chi connectivity index (χ0n) is 20.8. The lowest BCUT2D eigenvalue weighted by molar-refractivity contribution is -0.155.